The van der Waals surface area contributed by atoms with Gasteiger partial charge in [-0.3, -0.25) is 5.43 Å². The second-order valence-corrected chi connectivity index (χ2v) is 7.73. The Morgan fingerprint density at radius 2 is 2.21 bits per heavy atom. The number of benzene rings is 1. The standard InChI is InChI=1S/C16H14BrN3O2S2/c1-9-14(12-4-3-7-23-12)19-16(24-9)20-18-8-10-5-6-11(22-2)15(21)13(10)17/h3-8,21H,1-2H3,(H,19,20)/b18-8-. The van der Waals surface area contributed by atoms with Crippen molar-refractivity contribution >= 4 is 49.9 Å². The topological polar surface area (TPSA) is 66.7 Å². The molecule has 0 unspecified atom stereocenters. The van der Waals surface area contributed by atoms with Crippen LogP contribution in [0.2, 0.25) is 0 Å². The average molecular weight is 424 g/mol. The number of nitrogens with one attached hydrogen (secondary N) is 1. The van der Waals surface area contributed by atoms with Gasteiger partial charge in [0.2, 0.25) is 5.13 Å². The van der Waals surface area contributed by atoms with Crippen molar-refractivity contribution in [2.45, 2.75) is 6.92 Å². The Morgan fingerprint density at radius 1 is 1.38 bits per heavy atom. The number of thiophene rings is 1. The highest BCUT2D eigenvalue weighted by atomic mass is 79.9. The van der Waals surface area contributed by atoms with Gasteiger partial charge in [-0.2, -0.15) is 5.10 Å². The summed E-state index contributed by atoms with van der Waals surface area (Å²) in [5.74, 6) is 0.453. The van der Waals surface area contributed by atoms with Crippen LogP contribution in [0.5, 0.6) is 11.5 Å². The molecular formula is C16H14BrN3O2S2. The summed E-state index contributed by atoms with van der Waals surface area (Å²) in [7, 11) is 1.51. The Kier molecular flexibility index (Phi) is 5.17. The fraction of sp³-hybridized carbons (Fsp3) is 0.125. The predicted octanol–water partition coefficient (Wildman–Crippen LogP) is 5.10. The lowest BCUT2D eigenvalue weighted by atomic mass is 10.2. The maximum absolute atomic E-state index is 9.98. The molecule has 5 nitrogen and oxygen atoms in total. The van der Waals surface area contributed by atoms with Gasteiger partial charge in [0.1, 0.15) is 0 Å². The number of phenolic OH excluding ortho intramolecular Hbond substituents is 1. The number of anilines is 1. The number of rotatable bonds is 5. The van der Waals surface area contributed by atoms with Gasteiger partial charge in [0.05, 0.1) is 28.4 Å². The number of ether oxygens (including phenoxy) is 1. The first-order valence-electron chi connectivity index (χ1n) is 6.96. The number of thiazole rings is 1. The lowest BCUT2D eigenvalue weighted by Crippen LogP contribution is -1.92. The number of aromatic hydroxyl groups is 1. The van der Waals surface area contributed by atoms with Crippen molar-refractivity contribution in [1.29, 1.82) is 0 Å². The van der Waals surface area contributed by atoms with Crippen molar-refractivity contribution in [3.8, 4) is 22.1 Å². The third-order valence-electron chi connectivity index (χ3n) is 3.24. The molecule has 124 valence electrons. The van der Waals surface area contributed by atoms with E-state index in [1.807, 2.05) is 18.4 Å². The molecular weight excluding hydrogens is 410 g/mol. The van der Waals surface area contributed by atoms with Crippen LogP contribution >= 0.6 is 38.6 Å². The van der Waals surface area contributed by atoms with Gasteiger partial charge < -0.3 is 9.84 Å². The Balaban J connectivity index is 1.76. The van der Waals surface area contributed by atoms with Gasteiger partial charge in [-0.05, 0) is 46.4 Å². The van der Waals surface area contributed by atoms with Gasteiger partial charge in [-0.1, -0.05) is 6.07 Å². The molecule has 0 aliphatic carbocycles. The summed E-state index contributed by atoms with van der Waals surface area (Å²) >= 11 is 6.55. The number of hydrogen-bond donors (Lipinski definition) is 2. The van der Waals surface area contributed by atoms with Crippen LogP contribution in [0.1, 0.15) is 10.4 Å². The number of halogens is 1. The highest BCUT2D eigenvalue weighted by Gasteiger charge is 2.11. The number of aryl methyl sites for hydroxylation is 1. The molecule has 2 N–H and O–H groups in total. The van der Waals surface area contributed by atoms with Crippen molar-refractivity contribution in [3.63, 3.8) is 0 Å². The van der Waals surface area contributed by atoms with Crippen LogP contribution < -0.4 is 10.2 Å². The summed E-state index contributed by atoms with van der Waals surface area (Å²) in [6.45, 7) is 2.04. The summed E-state index contributed by atoms with van der Waals surface area (Å²) in [6.07, 6.45) is 1.62. The molecule has 8 heteroatoms. The minimum absolute atomic E-state index is 0.0477. The van der Waals surface area contributed by atoms with Crippen LogP contribution in [0.25, 0.3) is 10.6 Å². The largest absolute Gasteiger partial charge is 0.503 e. The van der Waals surface area contributed by atoms with E-state index in [4.69, 9.17) is 4.74 Å². The molecule has 2 heterocycles. The summed E-state index contributed by atoms with van der Waals surface area (Å²) in [6, 6.07) is 7.55. The summed E-state index contributed by atoms with van der Waals surface area (Å²) in [5, 5.41) is 16.9. The van der Waals surface area contributed by atoms with Gasteiger partial charge in [0.25, 0.3) is 0 Å². The minimum Gasteiger partial charge on any atom is -0.503 e. The van der Waals surface area contributed by atoms with E-state index in [9.17, 15) is 5.11 Å². The van der Waals surface area contributed by atoms with Gasteiger partial charge in [-0.25, -0.2) is 4.98 Å². The van der Waals surface area contributed by atoms with Crippen molar-refractivity contribution in [2.75, 3.05) is 12.5 Å². The molecule has 3 rings (SSSR count). The van der Waals surface area contributed by atoms with E-state index in [-0.39, 0.29) is 5.75 Å². The van der Waals surface area contributed by atoms with Crippen LogP contribution in [0, 0.1) is 6.92 Å². The number of aromatic nitrogens is 1. The minimum atomic E-state index is 0.0477. The van der Waals surface area contributed by atoms with Gasteiger partial charge in [0.15, 0.2) is 11.5 Å². The van der Waals surface area contributed by atoms with Crippen molar-refractivity contribution in [2.24, 2.45) is 5.10 Å². The van der Waals surface area contributed by atoms with E-state index >= 15 is 0 Å². The number of phenols is 1. The molecule has 3 aromatic rings. The van der Waals surface area contributed by atoms with E-state index in [1.54, 1.807) is 41.0 Å². The van der Waals surface area contributed by atoms with Crippen LogP contribution in [0.3, 0.4) is 0 Å². The zero-order chi connectivity index (χ0) is 17.1. The smallest absolute Gasteiger partial charge is 0.204 e. The molecule has 0 amide bonds. The quantitative estimate of drug-likeness (QED) is 0.442. The molecule has 0 bridgehead atoms. The zero-order valence-corrected chi connectivity index (χ0v) is 16.1. The van der Waals surface area contributed by atoms with E-state index in [0.717, 1.165) is 26.1 Å². The molecule has 0 aliphatic rings. The summed E-state index contributed by atoms with van der Waals surface area (Å²) < 4.78 is 5.59. The zero-order valence-electron chi connectivity index (χ0n) is 12.9. The number of hydrazone groups is 1. The SMILES string of the molecule is COc1ccc(/C=N\Nc2nc(-c3cccs3)c(C)s2)c(Br)c1O. The van der Waals surface area contributed by atoms with E-state index < -0.39 is 0 Å². The summed E-state index contributed by atoms with van der Waals surface area (Å²) in [4.78, 5) is 6.85. The van der Waals surface area contributed by atoms with Gasteiger partial charge in [-0.15, -0.1) is 22.7 Å². The first-order valence-corrected chi connectivity index (χ1v) is 9.45. The third-order valence-corrected chi connectivity index (χ3v) is 5.83. The number of hydrogen-bond acceptors (Lipinski definition) is 7. The molecule has 0 atom stereocenters. The maximum atomic E-state index is 9.98. The molecule has 0 saturated heterocycles. The lowest BCUT2D eigenvalue weighted by Gasteiger charge is -2.06. The number of nitrogens with zero attached hydrogens (tertiary/aromatic N) is 2. The predicted molar refractivity (Wildman–Crippen MR) is 104 cm³/mol. The van der Waals surface area contributed by atoms with Crippen molar-refractivity contribution < 1.29 is 9.84 Å². The van der Waals surface area contributed by atoms with Crippen molar-refractivity contribution in [3.05, 3.63) is 44.6 Å². The Morgan fingerprint density at radius 3 is 2.92 bits per heavy atom. The molecule has 2 aromatic heterocycles. The first kappa shape index (κ1) is 16.9. The molecule has 0 saturated carbocycles. The molecule has 0 radical (unpaired) electrons. The van der Waals surface area contributed by atoms with Gasteiger partial charge >= 0.3 is 0 Å². The van der Waals surface area contributed by atoms with Crippen LogP contribution in [0.15, 0.2) is 39.2 Å². The third kappa shape index (κ3) is 3.45. The second-order valence-electron chi connectivity index (χ2n) is 4.79. The normalized spacial score (nSPS) is 11.1. The lowest BCUT2D eigenvalue weighted by molar-refractivity contribution is 0.372. The van der Waals surface area contributed by atoms with Crippen molar-refractivity contribution in [1.82, 2.24) is 4.98 Å². The summed E-state index contributed by atoms with van der Waals surface area (Å²) in [5.41, 5.74) is 4.65. The fourth-order valence-corrected chi connectivity index (χ4v) is 4.11. The van der Waals surface area contributed by atoms with Crippen LogP contribution in [-0.2, 0) is 0 Å². The Bertz CT molecular complexity index is 876. The maximum Gasteiger partial charge on any atom is 0.204 e. The van der Waals surface area contributed by atoms with Crippen LogP contribution in [0.4, 0.5) is 5.13 Å². The Labute approximate surface area is 155 Å². The molecule has 1 aromatic carbocycles. The number of methoxy groups -OCH3 is 1. The molecule has 24 heavy (non-hydrogen) atoms. The fourth-order valence-electron chi connectivity index (χ4n) is 2.07. The van der Waals surface area contributed by atoms with Crippen LogP contribution in [-0.4, -0.2) is 23.4 Å². The van der Waals surface area contributed by atoms with Gasteiger partial charge in [0, 0.05) is 10.4 Å². The highest BCUT2D eigenvalue weighted by molar-refractivity contribution is 9.10. The van der Waals surface area contributed by atoms with E-state index in [0.29, 0.717) is 10.2 Å². The molecule has 0 fully saturated rings. The molecule has 0 spiro atoms. The Hall–Kier alpha value is -1.90. The molecule has 0 aliphatic heterocycles. The first-order chi connectivity index (χ1) is 11.6. The monoisotopic (exact) mass is 423 g/mol. The second kappa shape index (κ2) is 7.33. The van der Waals surface area contributed by atoms with E-state index in [1.165, 1.54) is 7.11 Å². The highest BCUT2D eigenvalue weighted by Crippen LogP contribution is 2.36. The van der Waals surface area contributed by atoms with E-state index in [2.05, 4.69) is 37.5 Å². The average Bonchev–Trinajstić information content (AvgIpc) is 3.21.